The molecule has 0 fully saturated rings. The minimum absolute atomic E-state index is 0.247. The van der Waals surface area contributed by atoms with Gasteiger partial charge in [-0.1, -0.05) is 42.5 Å². The molecule has 0 aliphatic rings. The van der Waals surface area contributed by atoms with Crippen LogP contribution in [0, 0.1) is 6.92 Å². The molecule has 0 atom stereocenters. The molecule has 0 aliphatic heterocycles. The van der Waals surface area contributed by atoms with E-state index in [-0.39, 0.29) is 11.4 Å². The van der Waals surface area contributed by atoms with Crippen LogP contribution in [0.1, 0.15) is 23.7 Å². The molecule has 9 nitrogen and oxygen atoms in total. The maximum atomic E-state index is 12.9. The number of nitrogens with one attached hydrogen (secondary N) is 1. The maximum Gasteiger partial charge on any atom is 0.259 e. The van der Waals surface area contributed by atoms with E-state index in [2.05, 4.69) is 25.4 Å². The van der Waals surface area contributed by atoms with E-state index >= 15 is 0 Å². The normalized spacial score (nSPS) is 11.2. The van der Waals surface area contributed by atoms with Gasteiger partial charge in [0.2, 0.25) is 5.82 Å². The number of fused-ring (bicyclic) bond motifs is 2. The predicted molar refractivity (Wildman–Crippen MR) is 149 cm³/mol. The van der Waals surface area contributed by atoms with E-state index < -0.39 is 0 Å². The van der Waals surface area contributed by atoms with Crippen LogP contribution in [0.5, 0.6) is 11.5 Å². The van der Waals surface area contributed by atoms with Crippen molar-refractivity contribution < 1.29 is 9.47 Å². The summed E-state index contributed by atoms with van der Waals surface area (Å²) in [7, 11) is 0. The van der Waals surface area contributed by atoms with Crippen molar-refractivity contribution in [1.82, 2.24) is 30.2 Å². The summed E-state index contributed by atoms with van der Waals surface area (Å²) in [6.45, 7) is 5.11. The van der Waals surface area contributed by atoms with Crippen LogP contribution in [0.3, 0.4) is 0 Å². The molecule has 0 spiro atoms. The Hall–Kier alpha value is -5.05. The van der Waals surface area contributed by atoms with Gasteiger partial charge in [0.15, 0.2) is 0 Å². The number of hydrogen-bond donors (Lipinski definition) is 1. The number of para-hydroxylation sites is 1. The fourth-order valence-corrected chi connectivity index (χ4v) is 4.52. The lowest BCUT2D eigenvalue weighted by atomic mass is 10.1. The topological polar surface area (TPSA) is 108 Å². The van der Waals surface area contributed by atoms with Crippen LogP contribution in [-0.2, 0) is 13.2 Å². The number of tetrazole rings is 1. The summed E-state index contributed by atoms with van der Waals surface area (Å²) in [6.07, 6.45) is 0. The number of benzene rings is 3. The van der Waals surface area contributed by atoms with Crippen LogP contribution in [-0.4, -0.2) is 36.8 Å². The van der Waals surface area contributed by atoms with Crippen molar-refractivity contribution in [2.45, 2.75) is 27.0 Å². The van der Waals surface area contributed by atoms with Crippen molar-refractivity contribution in [2.75, 3.05) is 6.61 Å². The molecule has 6 aromatic rings. The molecule has 3 aromatic carbocycles. The molecule has 0 saturated heterocycles. The zero-order valence-electron chi connectivity index (χ0n) is 21.6. The fraction of sp³-hybridized carbons (Fsp3) is 0.167. The standard InChI is InChI=1S/C30H26N6O3/c1-3-38-27-14-11-19(2)28-24(27)16-25(30(37)32-28)29-33-35-36(34-29)17-20-7-6-9-23(15-20)39-18-22-13-12-21-8-4-5-10-26(21)31-22/h4-16H,3,17-18H2,1-2H3,(H,32,37). The summed E-state index contributed by atoms with van der Waals surface area (Å²) in [4.78, 5) is 22.0. The molecule has 194 valence electrons. The lowest BCUT2D eigenvalue weighted by molar-refractivity contribution is 0.301. The van der Waals surface area contributed by atoms with Crippen LogP contribution in [0.15, 0.2) is 83.7 Å². The minimum Gasteiger partial charge on any atom is -0.493 e. The lowest BCUT2D eigenvalue weighted by Crippen LogP contribution is -2.11. The Labute approximate surface area is 224 Å². The molecule has 39 heavy (non-hydrogen) atoms. The molecule has 9 heteroatoms. The van der Waals surface area contributed by atoms with Crippen LogP contribution in [0.2, 0.25) is 0 Å². The molecule has 3 aromatic heterocycles. The highest BCUT2D eigenvalue weighted by molar-refractivity contribution is 5.90. The molecule has 0 amide bonds. The van der Waals surface area contributed by atoms with Crippen molar-refractivity contribution in [3.05, 3.63) is 106 Å². The van der Waals surface area contributed by atoms with Gasteiger partial charge in [0.1, 0.15) is 18.1 Å². The Morgan fingerprint density at radius 2 is 1.85 bits per heavy atom. The second-order valence-electron chi connectivity index (χ2n) is 9.19. The second-order valence-corrected chi connectivity index (χ2v) is 9.19. The number of ether oxygens (including phenoxy) is 2. The largest absolute Gasteiger partial charge is 0.493 e. The van der Waals surface area contributed by atoms with Crippen molar-refractivity contribution in [2.24, 2.45) is 0 Å². The minimum atomic E-state index is -0.281. The zero-order chi connectivity index (χ0) is 26.8. The van der Waals surface area contributed by atoms with Gasteiger partial charge in [-0.25, -0.2) is 4.98 Å². The summed E-state index contributed by atoms with van der Waals surface area (Å²) in [5.74, 6) is 1.66. The summed E-state index contributed by atoms with van der Waals surface area (Å²) >= 11 is 0. The number of aromatic amines is 1. The van der Waals surface area contributed by atoms with Gasteiger partial charge in [-0.15, -0.1) is 10.2 Å². The highest BCUT2D eigenvalue weighted by atomic mass is 16.5. The van der Waals surface area contributed by atoms with E-state index in [1.165, 1.54) is 4.80 Å². The van der Waals surface area contributed by atoms with E-state index in [0.717, 1.165) is 38.6 Å². The number of nitrogens with zero attached hydrogens (tertiary/aromatic N) is 5. The highest BCUT2D eigenvalue weighted by Gasteiger charge is 2.15. The molecule has 1 N–H and O–H groups in total. The molecule has 3 heterocycles. The van der Waals surface area contributed by atoms with Crippen LogP contribution < -0.4 is 15.0 Å². The van der Waals surface area contributed by atoms with Crippen LogP contribution in [0.25, 0.3) is 33.2 Å². The first-order valence-corrected chi connectivity index (χ1v) is 12.7. The quantitative estimate of drug-likeness (QED) is 0.300. The third-order valence-electron chi connectivity index (χ3n) is 6.44. The Balaban J connectivity index is 1.20. The van der Waals surface area contributed by atoms with E-state index in [1.807, 2.05) is 86.6 Å². The molecule has 0 bridgehead atoms. The summed E-state index contributed by atoms with van der Waals surface area (Å²) < 4.78 is 11.8. The van der Waals surface area contributed by atoms with E-state index in [4.69, 9.17) is 9.47 Å². The predicted octanol–water partition coefficient (Wildman–Crippen LogP) is 5.06. The zero-order valence-corrected chi connectivity index (χ0v) is 21.6. The van der Waals surface area contributed by atoms with Gasteiger partial charge in [-0.3, -0.25) is 4.79 Å². The number of H-pyrrole nitrogens is 1. The third-order valence-corrected chi connectivity index (χ3v) is 6.44. The van der Waals surface area contributed by atoms with Gasteiger partial charge in [-0.05, 0) is 66.6 Å². The molecular weight excluding hydrogens is 492 g/mol. The molecule has 0 unspecified atom stereocenters. The number of aryl methyl sites for hydroxylation is 1. The Morgan fingerprint density at radius 3 is 2.74 bits per heavy atom. The van der Waals surface area contributed by atoms with Crippen molar-refractivity contribution >= 4 is 21.8 Å². The van der Waals surface area contributed by atoms with E-state index in [1.54, 1.807) is 6.07 Å². The van der Waals surface area contributed by atoms with Gasteiger partial charge in [0.25, 0.3) is 5.56 Å². The molecule has 0 radical (unpaired) electrons. The summed E-state index contributed by atoms with van der Waals surface area (Å²) in [5.41, 5.74) is 4.46. The van der Waals surface area contributed by atoms with Gasteiger partial charge >= 0.3 is 0 Å². The molecule has 0 aliphatic carbocycles. The van der Waals surface area contributed by atoms with Crippen molar-refractivity contribution in [3.8, 4) is 22.9 Å². The molecule has 0 saturated carbocycles. The summed E-state index contributed by atoms with van der Waals surface area (Å²) in [5, 5.41) is 14.7. The first-order valence-electron chi connectivity index (χ1n) is 12.7. The Bertz CT molecular complexity index is 1860. The van der Waals surface area contributed by atoms with Gasteiger partial charge in [-0.2, -0.15) is 4.80 Å². The summed E-state index contributed by atoms with van der Waals surface area (Å²) in [6, 6.07) is 25.3. The number of rotatable bonds is 8. The Kier molecular flexibility index (Phi) is 6.46. The number of hydrogen-bond acceptors (Lipinski definition) is 7. The Morgan fingerprint density at radius 1 is 0.949 bits per heavy atom. The SMILES string of the molecule is CCOc1ccc(C)c2[nH]c(=O)c(-c3nnn(Cc4cccc(OCc5ccc6ccccc6n5)c4)n3)cc12. The molecule has 6 rings (SSSR count). The first-order chi connectivity index (χ1) is 19.1. The van der Waals surface area contributed by atoms with Crippen molar-refractivity contribution in [3.63, 3.8) is 0 Å². The fourth-order valence-electron chi connectivity index (χ4n) is 4.52. The first kappa shape index (κ1) is 24.3. The van der Waals surface area contributed by atoms with Gasteiger partial charge < -0.3 is 14.5 Å². The van der Waals surface area contributed by atoms with Gasteiger partial charge in [0.05, 0.1) is 35.4 Å². The maximum absolute atomic E-state index is 12.9. The number of aromatic nitrogens is 6. The lowest BCUT2D eigenvalue weighted by Gasteiger charge is -2.10. The average Bonchev–Trinajstić information content (AvgIpc) is 3.41. The van der Waals surface area contributed by atoms with Crippen LogP contribution in [0.4, 0.5) is 0 Å². The van der Waals surface area contributed by atoms with E-state index in [9.17, 15) is 4.79 Å². The monoisotopic (exact) mass is 518 g/mol. The smallest absolute Gasteiger partial charge is 0.259 e. The van der Waals surface area contributed by atoms with Crippen molar-refractivity contribution in [1.29, 1.82) is 0 Å². The average molecular weight is 519 g/mol. The highest BCUT2D eigenvalue weighted by Crippen LogP contribution is 2.28. The van der Waals surface area contributed by atoms with E-state index in [0.29, 0.717) is 36.8 Å². The molecular formula is C30H26N6O3. The third kappa shape index (κ3) is 5.06. The van der Waals surface area contributed by atoms with Gasteiger partial charge in [0, 0.05) is 10.8 Å². The second kappa shape index (κ2) is 10.4. The number of pyridine rings is 2. The van der Waals surface area contributed by atoms with Crippen LogP contribution >= 0.6 is 0 Å².